The van der Waals surface area contributed by atoms with Crippen LogP contribution in [0, 0.1) is 0 Å². The first-order valence-electron chi connectivity index (χ1n) is 8.42. The van der Waals surface area contributed by atoms with Gasteiger partial charge in [0.2, 0.25) is 0 Å². The van der Waals surface area contributed by atoms with Gasteiger partial charge in [0.15, 0.2) is 5.67 Å². The molecule has 2 amide bonds. The Hall–Kier alpha value is -1.96. The first-order chi connectivity index (χ1) is 11.5. The normalized spacial score (nSPS) is 20.9. The Kier molecular flexibility index (Phi) is 4.84. The lowest BCUT2D eigenvalue weighted by Gasteiger charge is -2.39. The van der Waals surface area contributed by atoms with Crippen molar-refractivity contribution in [2.75, 3.05) is 39.4 Å². The highest BCUT2D eigenvalue weighted by Crippen LogP contribution is 2.29. The summed E-state index contributed by atoms with van der Waals surface area (Å²) in [5.74, 6) is -0.670. The predicted octanol–water partition coefficient (Wildman–Crippen LogP) is 0.706. The predicted molar refractivity (Wildman–Crippen MR) is 84.3 cm³/mol. The van der Waals surface area contributed by atoms with E-state index in [-0.39, 0.29) is 31.8 Å². The summed E-state index contributed by atoms with van der Waals surface area (Å²) in [6, 6.07) is 1.67. The van der Waals surface area contributed by atoms with Crippen molar-refractivity contribution in [1.82, 2.24) is 19.6 Å². The zero-order chi connectivity index (χ0) is 17.2. The van der Waals surface area contributed by atoms with Crippen LogP contribution in [0.5, 0.6) is 0 Å². The molecule has 0 radical (unpaired) electrons. The summed E-state index contributed by atoms with van der Waals surface area (Å²) in [6.07, 6.45) is 1.81. The third-order valence-corrected chi connectivity index (χ3v) is 4.71. The highest BCUT2D eigenvalue weighted by Gasteiger charge is 2.45. The fraction of sp³-hybridized carbons (Fsp3) is 0.688. The van der Waals surface area contributed by atoms with Crippen molar-refractivity contribution >= 4 is 11.8 Å². The lowest BCUT2D eigenvalue weighted by atomic mass is 9.91. The second-order valence-electron chi connectivity index (χ2n) is 6.22. The second-order valence-corrected chi connectivity index (χ2v) is 6.22. The van der Waals surface area contributed by atoms with E-state index in [2.05, 4.69) is 5.10 Å². The van der Waals surface area contributed by atoms with Crippen LogP contribution in [-0.4, -0.2) is 76.5 Å². The summed E-state index contributed by atoms with van der Waals surface area (Å²) in [5, 5.41) is 4.19. The number of nitrogens with zero attached hydrogens (tertiary/aromatic N) is 4. The number of carbonyl (C=O) groups is 2. The Labute approximate surface area is 140 Å². The van der Waals surface area contributed by atoms with Gasteiger partial charge >= 0.3 is 0 Å². The molecule has 132 valence electrons. The molecule has 1 aromatic heterocycles. The first kappa shape index (κ1) is 16.9. The number of hydrogen-bond acceptors (Lipinski definition) is 4. The number of likely N-dealkylation sites (tertiary alicyclic amines) is 1. The van der Waals surface area contributed by atoms with Crippen molar-refractivity contribution in [1.29, 1.82) is 0 Å². The molecule has 0 saturated carbocycles. The van der Waals surface area contributed by atoms with Crippen molar-refractivity contribution in [2.45, 2.75) is 32.0 Å². The molecule has 0 aromatic carbocycles. The second kappa shape index (κ2) is 6.88. The van der Waals surface area contributed by atoms with Gasteiger partial charge in [0.05, 0.1) is 13.2 Å². The minimum Gasteiger partial charge on any atom is -0.378 e. The molecule has 0 aliphatic carbocycles. The van der Waals surface area contributed by atoms with Gasteiger partial charge < -0.3 is 14.5 Å². The van der Waals surface area contributed by atoms with Crippen LogP contribution in [0.15, 0.2) is 12.3 Å². The minimum absolute atomic E-state index is 0.0312. The molecule has 0 N–H and O–H groups in total. The van der Waals surface area contributed by atoms with Crippen molar-refractivity contribution in [2.24, 2.45) is 0 Å². The number of ether oxygens (including phenoxy) is 1. The molecule has 0 unspecified atom stereocenters. The Morgan fingerprint density at radius 2 is 1.88 bits per heavy atom. The number of piperidine rings is 1. The van der Waals surface area contributed by atoms with Crippen LogP contribution < -0.4 is 0 Å². The van der Waals surface area contributed by atoms with Gasteiger partial charge in [0.25, 0.3) is 11.8 Å². The minimum atomic E-state index is -1.88. The number of halogens is 1. The van der Waals surface area contributed by atoms with Gasteiger partial charge in [-0.1, -0.05) is 0 Å². The Morgan fingerprint density at radius 1 is 1.21 bits per heavy atom. The number of morpholine rings is 1. The summed E-state index contributed by atoms with van der Waals surface area (Å²) < 4.78 is 21.9. The fourth-order valence-corrected chi connectivity index (χ4v) is 3.14. The van der Waals surface area contributed by atoms with Gasteiger partial charge in [-0.3, -0.25) is 14.3 Å². The molecule has 2 fully saturated rings. The monoisotopic (exact) mass is 338 g/mol. The molecule has 1 aromatic rings. The van der Waals surface area contributed by atoms with Crippen molar-refractivity contribution in [3.8, 4) is 0 Å². The van der Waals surface area contributed by atoms with E-state index in [9.17, 15) is 9.59 Å². The summed E-state index contributed by atoms with van der Waals surface area (Å²) in [6.45, 7) is 4.85. The molecule has 2 aliphatic heterocycles. The van der Waals surface area contributed by atoms with E-state index in [0.29, 0.717) is 38.5 Å². The number of hydrogen-bond donors (Lipinski definition) is 0. The standard InChI is InChI=1S/C16H23FN4O3/c1-2-21-6-3-13(18-21)14(22)19-7-4-16(17,5-8-19)15(23)20-9-11-24-12-10-20/h3,6H,2,4-5,7-12H2,1H3. The maximum Gasteiger partial charge on any atom is 0.274 e. The van der Waals surface area contributed by atoms with Crippen LogP contribution in [0.3, 0.4) is 0 Å². The molecule has 7 nitrogen and oxygen atoms in total. The summed E-state index contributed by atoms with van der Waals surface area (Å²) >= 11 is 0. The summed E-state index contributed by atoms with van der Waals surface area (Å²) in [7, 11) is 0. The first-order valence-corrected chi connectivity index (χ1v) is 8.42. The molecular formula is C16H23FN4O3. The van der Waals surface area contributed by atoms with Gasteiger partial charge in [0, 0.05) is 51.8 Å². The number of rotatable bonds is 3. The van der Waals surface area contributed by atoms with E-state index >= 15 is 4.39 Å². The Balaban J connectivity index is 1.59. The van der Waals surface area contributed by atoms with E-state index in [1.54, 1.807) is 21.8 Å². The topological polar surface area (TPSA) is 67.7 Å². The molecule has 2 saturated heterocycles. The van der Waals surface area contributed by atoms with E-state index in [1.807, 2.05) is 6.92 Å². The van der Waals surface area contributed by atoms with Gasteiger partial charge in [0.1, 0.15) is 5.69 Å². The highest BCUT2D eigenvalue weighted by atomic mass is 19.1. The third-order valence-electron chi connectivity index (χ3n) is 4.71. The third kappa shape index (κ3) is 3.28. The summed E-state index contributed by atoms with van der Waals surface area (Å²) in [4.78, 5) is 28.0. The van der Waals surface area contributed by atoms with Gasteiger partial charge in [-0.25, -0.2) is 4.39 Å². The van der Waals surface area contributed by atoms with Crippen LogP contribution in [0.1, 0.15) is 30.3 Å². The fourth-order valence-electron chi connectivity index (χ4n) is 3.14. The van der Waals surface area contributed by atoms with Crippen LogP contribution in [0.4, 0.5) is 4.39 Å². The number of alkyl halides is 1. The molecule has 3 heterocycles. The van der Waals surface area contributed by atoms with E-state index in [0.717, 1.165) is 0 Å². The maximum absolute atomic E-state index is 15.1. The zero-order valence-electron chi connectivity index (χ0n) is 13.9. The lowest BCUT2D eigenvalue weighted by molar-refractivity contribution is -0.151. The van der Waals surface area contributed by atoms with Crippen LogP contribution in [0.2, 0.25) is 0 Å². The molecule has 0 bridgehead atoms. The van der Waals surface area contributed by atoms with Crippen molar-refractivity contribution < 1.29 is 18.7 Å². The SMILES string of the molecule is CCn1ccc(C(=O)N2CCC(F)(C(=O)N3CCOCC3)CC2)n1. The average Bonchev–Trinajstić information content (AvgIpc) is 3.11. The quantitative estimate of drug-likeness (QED) is 0.814. The maximum atomic E-state index is 15.1. The smallest absolute Gasteiger partial charge is 0.274 e. The average molecular weight is 338 g/mol. The molecule has 0 atom stereocenters. The molecule has 24 heavy (non-hydrogen) atoms. The van der Waals surface area contributed by atoms with Crippen molar-refractivity contribution in [3.05, 3.63) is 18.0 Å². The number of amides is 2. The Bertz CT molecular complexity index is 604. The van der Waals surface area contributed by atoms with Crippen LogP contribution in [0.25, 0.3) is 0 Å². The van der Waals surface area contributed by atoms with Gasteiger partial charge in [-0.05, 0) is 13.0 Å². The highest BCUT2D eigenvalue weighted by molar-refractivity contribution is 5.92. The molecule has 8 heteroatoms. The summed E-state index contributed by atoms with van der Waals surface area (Å²) in [5.41, 5.74) is -1.51. The largest absolute Gasteiger partial charge is 0.378 e. The number of carbonyl (C=O) groups excluding carboxylic acids is 2. The van der Waals surface area contributed by atoms with Crippen molar-refractivity contribution in [3.63, 3.8) is 0 Å². The van der Waals surface area contributed by atoms with Crippen LogP contribution in [-0.2, 0) is 16.1 Å². The Morgan fingerprint density at radius 3 is 2.46 bits per heavy atom. The number of aryl methyl sites for hydroxylation is 1. The molecular weight excluding hydrogens is 315 g/mol. The molecule has 2 aliphatic rings. The van der Waals surface area contributed by atoms with Gasteiger partial charge in [-0.2, -0.15) is 5.10 Å². The number of aromatic nitrogens is 2. The lowest BCUT2D eigenvalue weighted by Crippen LogP contribution is -2.55. The van der Waals surface area contributed by atoms with Gasteiger partial charge in [-0.15, -0.1) is 0 Å². The van der Waals surface area contributed by atoms with E-state index in [4.69, 9.17) is 4.74 Å². The molecule has 0 spiro atoms. The van der Waals surface area contributed by atoms with E-state index < -0.39 is 11.6 Å². The zero-order valence-corrected chi connectivity index (χ0v) is 13.9. The van der Waals surface area contributed by atoms with Crippen LogP contribution >= 0.6 is 0 Å². The van der Waals surface area contributed by atoms with E-state index in [1.165, 1.54) is 4.90 Å². The molecule has 3 rings (SSSR count).